The molecule has 0 spiro atoms. The molecule has 0 saturated carbocycles. The number of fused-ring (bicyclic) bond motifs is 2. The van der Waals surface area contributed by atoms with Gasteiger partial charge in [0.05, 0.1) is 0 Å². The lowest BCUT2D eigenvalue weighted by atomic mass is 9.94. The summed E-state index contributed by atoms with van der Waals surface area (Å²) in [5, 5.41) is 7.55. The maximum absolute atomic E-state index is 3.78. The number of hydrogen-bond acceptors (Lipinski definition) is 3. The number of benzene rings is 2. The zero-order chi connectivity index (χ0) is 18.1. The fourth-order valence-electron chi connectivity index (χ4n) is 5.36. The summed E-state index contributed by atoms with van der Waals surface area (Å²) in [6.45, 7) is 2.51. The molecule has 0 amide bonds. The second-order valence-corrected chi connectivity index (χ2v) is 8.66. The molecule has 3 heteroatoms. The summed E-state index contributed by atoms with van der Waals surface area (Å²) in [6, 6.07) is 22.6. The average Bonchev–Trinajstić information content (AvgIpc) is 3.07. The van der Waals surface area contributed by atoms with Crippen molar-refractivity contribution in [2.45, 2.75) is 62.7 Å². The molecule has 2 unspecified atom stereocenters. The van der Waals surface area contributed by atoms with E-state index >= 15 is 0 Å². The number of piperidine rings is 2. The van der Waals surface area contributed by atoms with Crippen molar-refractivity contribution in [3.05, 3.63) is 54.6 Å². The van der Waals surface area contributed by atoms with Gasteiger partial charge in [0.2, 0.25) is 0 Å². The third-order valence-corrected chi connectivity index (χ3v) is 6.86. The molecule has 3 nitrogen and oxygen atoms in total. The lowest BCUT2D eigenvalue weighted by Gasteiger charge is -2.41. The fraction of sp³-hybridized carbons (Fsp3) is 0.500. The summed E-state index contributed by atoms with van der Waals surface area (Å²) in [5.74, 6) is 0. The van der Waals surface area contributed by atoms with Gasteiger partial charge in [-0.3, -0.25) is 0 Å². The van der Waals surface area contributed by atoms with Crippen molar-refractivity contribution in [2.24, 2.45) is 0 Å². The van der Waals surface area contributed by atoms with E-state index in [0.717, 1.165) is 18.1 Å². The monoisotopic (exact) mass is 361 g/mol. The number of hydrogen-bond donors (Lipinski definition) is 2. The van der Waals surface area contributed by atoms with Crippen LogP contribution >= 0.6 is 0 Å². The first-order valence-corrected chi connectivity index (χ1v) is 10.8. The molecule has 3 aliphatic heterocycles. The van der Waals surface area contributed by atoms with E-state index in [1.165, 1.54) is 68.4 Å². The minimum Gasteiger partial charge on any atom is -0.382 e. The minimum absolute atomic E-state index is 0.613. The second-order valence-electron chi connectivity index (χ2n) is 8.66. The predicted molar refractivity (Wildman–Crippen MR) is 113 cm³/mol. The van der Waals surface area contributed by atoms with Crippen LogP contribution in [0, 0.1) is 0 Å². The van der Waals surface area contributed by atoms with Crippen molar-refractivity contribution < 1.29 is 0 Å². The Labute approximate surface area is 163 Å². The Bertz CT molecular complexity index is 722. The van der Waals surface area contributed by atoms with Crippen LogP contribution in [-0.2, 0) is 0 Å². The standard InChI is InChI=1S/C24H31N3/c1-2-4-18(5-3-1)19-6-8-20(9-7-19)25-21-12-14-27(15-13-21)24-16-22-10-11-23(17-24)26-22/h1-9,21-26H,10-17H2. The van der Waals surface area contributed by atoms with Crippen molar-refractivity contribution in [2.75, 3.05) is 18.4 Å². The third-order valence-electron chi connectivity index (χ3n) is 6.86. The summed E-state index contributed by atoms with van der Waals surface area (Å²) in [5.41, 5.74) is 3.83. The Morgan fingerprint density at radius 2 is 1.37 bits per heavy atom. The van der Waals surface area contributed by atoms with E-state index in [1.54, 1.807) is 0 Å². The van der Waals surface area contributed by atoms with E-state index in [-0.39, 0.29) is 0 Å². The summed E-state index contributed by atoms with van der Waals surface area (Å²) >= 11 is 0. The lowest BCUT2D eigenvalue weighted by Crippen LogP contribution is -2.51. The van der Waals surface area contributed by atoms with Gasteiger partial charge in [0.25, 0.3) is 0 Å². The Kier molecular flexibility index (Phi) is 4.89. The summed E-state index contributed by atoms with van der Waals surface area (Å²) in [7, 11) is 0. The van der Waals surface area contributed by atoms with Crippen molar-refractivity contribution in [3.8, 4) is 11.1 Å². The van der Waals surface area contributed by atoms with Gasteiger partial charge in [0, 0.05) is 42.9 Å². The Morgan fingerprint density at radius 1 is 0.741 bits per heavy atom. The van der Waals surface area contributed by atoms with Crippen LogP contribution in [-0.4, -0.2) is 42.2 Å². The summed E-state index contributed by atoms with van der Waals surface area (Å²) in [4.78, 5) is 2.78. The molecule has 2 atom stereocenters. The van der Waals surface area contributed by atoms with Gasteiger partial charge in [-0.1, -0.05) is 42.5 Å². The first-order valence-electron chi connectivity index (χ1n) is 10.8. The highest BCUT2D eigenvalue weighted by Crippen LogP contribution is 2.31. The fourth-order valence-corrected chi connectivity index (χ4v) is 5.36. The van der Waals surface area contributed by atoms with Crippen LogP contribution in [0.1, 0.15) is 38.5 Å². The number of nitrogens with one attached hydrogen (secondary N) is 2. The Hall–Kier alpha value is -1.84. The molecule has 2 N–H and O–H groups in total. The smallest absolute Gasteiger partial charge is 0.0342 e. The minimum atomic E-state index is 0.613. The van der Waals surface area contributed by atoms with Gasteiger partial charge in [-0.15, -0.1) is 0 Å². The number of likely N-dealkylation sites (tertiary alicyclic amines) is 1. The number of anilines is 1. The Balaban J connectivity index is 1.14. The zero-order valence-corrected chi connectivity index (χ0v) is 16.1. The third kappa shape index (κ3) is 3.90. The van der Waals surface area contributed by atoms with Crippen LogP contribution in [0.15, 0.2) is 54.6 Å². The van der Waals surface area contributed by atoms with Gasteiger partial charge in [0.15, 0.2) is 0 Å². The molecular weight excluding hydrogens is 330 g/mol. The largest absolute Gasteiger partial charge is 0.382 e. The maximum atomic E-state index is 3.78. The SMILES string of the molecule is c1ccc(-c2ccc(NC3CCN(C4CC5CCC(C4)N5)CC3)cc2)cc1. The van der Waals surface area contributed by atoms with Crippen LogP contribution in [0.2, 0.25) is 0 Å². The van der Waals surface area contributed by atoms with Crippen molar-refractivity contribution >= 4 is 5.69 Å². The van der Waals surface area contributed by atoms with Gasteiger partial charge in [-0.25, -0.2) is 0 Å². The molecule has 0 aliphatic carbocycles. The van der Waals surface area contributed by atoms with Crippen LogP contribution in [0.4, 0.5) is 5.69 Å². The Morgan fingerprint density at radius 3 is 2.04 bits per heavy atom. The molecule has 27 heavy (non-hydrogen) atoms. The van der Waals surface area contributed by atoms with E-state index < -0.39 is 0 Å². The van der Waals surface area contributed by atoms with Crippen LogP contribution in [0.5, 0.6) is 0 Å². The van der Waals surface area contributed by atoms with E-state index in [0.29, 0.717) is 6.04 Å². The first kappa shape index (κ1) is 17.3. The molecule has 3 fully saturated rings. The predicted octanol–water partition coefficient (Wildman–Crippen LogP) is 4.51. The number of nitrogens with zero attached hydrogens (tertiary/aromatic N) is 1. The molecular formula is C24H31N3. The van der Waals surface area contributed by atoms with Crippen molar-refractivity contribution in [1.82, 2.24) is 10.2 Å². The first-order chi connectivity index (χ1) is 13.3. The van der Waals surface area contributed by atoms with Crippen molar-refractivity contribution in [3.63, 3.8) is 0 Å². The maximum Gasteiger partial charge on any atom is 0.0342 e. The molecule has 2 aromatic carbocycles. The van der Waals surface area contributed by atoms with Crippen LogP contribution in [0.25, 0.3) is 11.1 Å². The second kappa shape index (κ2) is 7.65. The summed E-state index contributed by atoms with van der Waals surface area (Å²) in [6.07, 6.45) is 8.07. The lowest BCUT2D eigenvalue weighted by molar-refractivity contribution is 0.114. The van der Waals surface area contributed by atoms with Gasteiger partial charge in [-0.2, -0.15) is 0 Å². The quantitative estimate of drug-likeness (QED) is 0.839. The van der Waals surface area contributed by atoms with Crippen LogP contribution < -0.4 is 10.6 Å². The molecule has 2 aromatic rings. The average molecular weight is 362 g/mol. The van der Waals surface area contributed by atoms with E-state index in [9.17, 15) is 0 Å². The topological polar surface area (TPSA) is 27.3 Å². The van der Waals surface area contributed by atoms with Crippen LogP contribution in [0.3, 0.4) is 0 Å². The molecule has 3 heterocycles. The zero-order valence-electron chi connectivity index (χ0n) is 16.1. The molecule has 142 valence electrons. The highest BCUT2D eigenvalue weighted by molar-refractivity contribution is 5.65. The van der Waals surface area contributed by atoms with E-state index in [4.69, 9.17) is 0 Å². The molecule has 0 aromatic heterocycles. The molecule has 0 radical (unpaired) electrons. The molecule has 5 rings (SSSR count). The normalized spacial score (nSPS) is 29.0. The summed E-state index contributed by atoms with van der Waals surface area (Å²) < 4.78 is 0. The molecule has 3 saturated heterocycles. The van der Waals surface area contributed by atoms with Crippen molar-refractivity contribution in [1.29, 1.82) is 0 Å². The van der Waals surface area contributed by atoms with Gasteiger partial charge >= 0.3 is 0 Å². The molecule has 2 bridgehead atoms. The van der Waals surface area contributed by atoms with E-state index in [2.05, 4.69) is 70.1 Å². The van der Waals surface area contributed by atoms with Gasteiger partial charge in [0.1, 0.15) is 0 Å². The van der Waals surface area contributed by atoms with Gasteiger partial charge in [-0.05, 0) is 61.8 Å². The van der Waals surface area contributed by atoms with Gasteiger partial charge < -0.3 is 15.5 Å². The highest BCUT2D eigenvalue weighted by atomic mass is 15.2. The van der Waals surface area contributed by atoms with E-state index in [1.807, 2.05) is 0 Å². The highest BCUT2D eigenvalue weighted by Gasteiger charge is 2.36. The number of rotatable bonds is 4. The molecule has 3 aliphatic rings.